The molecule has 0 aromatic heterocycles. The Kier molecular flexibility index (Phi) is 6.53. The first kappa shape index (κ1) is 21.5. The van der Waals surface area contributed by atoms with Crippen molar-refractivity contribution >= 4 is 58.0 Å². The zero-order valence-electron chi connectivity index (χ0n) is 15.3. The van der Waals surface area contributed by atoms with Crippen LogP contribution >= 0.6 is 23.2 Å². The van der Waals surface area contributed by atoms with Crippen LogP contribution in [0.4, 0.5) is 17.1 Å². The van der Waals surface area contributed by atoms with Gasteiger partial charge in [-0.1, -0.05) is 29.3 Å². The molecule has 1 saturated heterocycles. The molecule has 11 heteroatoms. The number of benzene rings is 2. The van der Waals surface area contributed by atoms with Crippen LogP contribution < -0.4 is 10.2 Å². The molecule has 30 heavy (non-hydrogen) atoms. The summed E-state index contributed by atoms with van der Waals surface area (Å²) in [5.41, 5.74) is 0.429. The van der Waals surface area contributed by atoms with Crippen molar-refractivity contribution in [3.63, 3.8) is 0 Å². The van der Waals surface area contributed by atoms with Crippen molar-refractivity contribution < 1.29 is 24.0 Å². The van der Waals surface area contributed by atoms with Gasteiger partial charge in [0.05, 0.1) is 27.2 Å². The quantitative estimate of drug-likeness (QED) is 0.408. The number of rotatable bonds is 6. The first-order valence-corrected chi connectivity index (χ1v) is 9.46. The van der Waals surface area contributed by atoms with E-state index in [-0.39, 0.29) is 35.3 Å². The van der Waals surface area contributed by atoms with Gasteiger partial charge in [-0.3, -0.25) is 24.5 Å². The highest BCUT2D eigenvalue weighted by Crippen LogP contribution is 2.29. The molecule has 1 heterocycles. The molecule has 0 spiro atoms. The van der Waals surface area contributed by atoms with Crippen molar-refractivity contribution in [2.45, 2.75) is 6.42 Å². The molecule has 9 nitrogen and oxygen atoms in total. The zero-order chi connectivity index (χ0) is 21.8. The van der Waals surface area contributed by atoms with E-state index in [4.69, 9.17) is 27.9 Å². The molecule has 2 aromatic rings. The molecule has 1 N–H and O–H groups in total. The van der Waals surface area contributed by atoms with Crippen LogP contribution in [0.15, 0.2) is 42.5 Å². The summed E-state index contributed by atoms with van der Waals surface area (Å²) in [4.78, 5) is 48.2. The van der Waals surface area contributed by atoms with Gasteiger partial charge in [0, 0.05) is 30.1 Å². The number of halogens is 2. The predicted molar refractivity (Wildman–Crippen MR) is 110 cm³/mol. The average molecular weight is 452 g/mol. The summed E-state index contributed by atoms with van der Waals surface area (Å²) >= 11 is 11.8. The Bertz CT molecular complexity index is 1030. The van der Waals surface area contributed by atoms with Crippen LogP contribution in [0, 0.1) is 16.0 Å². The Balaban J connectivity index is 1.57. The highest BCUT2D eigenvalue weighted by atomic mass is 35.5. The van der Waals surface area contributed by atoms with Gasteiger partial charge in [0.1, 0.15) is 0 Å². The number of nitrogens with zero attached hydrogens (tertiary/aromatic N) is 2. The second-order valence-corrected chi connectivity index (χ2v) is 7.31. The Morgan fingerprint density at radius 1 is 1.23 bits per heavy atom. The normalized spacial score (nSPS) is 15.7. The summed E-state index contributed by atoms with van der Waals surface area (Å²) in [5, 5.41) is 14.0. The molecule has 0 aliphatic carbocycles. The molecule has 0 unspecified atom stereocenters. The van der Waals surface area contributed by atoms with Crippen LogP contribution in [0.5, 0.6) is 0 Å². The molecule has 2 amide bonds. The Morgan fingerprint density at radius 2 is 2.00 bits per heavy atom. The van der Waals surface area contributed by atoms with Crippen molar-refractivity contribution in [2.75, 3.05) is 23.4 Å². The highest BCUT2D eigenvalue weighted by Gasteiger charge is 2.36. The molecular formula is C19H15Cl2N3O6. The number of hydrogen-bond acceptors (Lipinski definition) is 6. The molecule has 0 bridgehead atoms. The van der Waals surface area contributed by atoms with Gasteiger partial charge in [-0.2, -0.15) is 0 Å². The third-order valence-corrected chi connectivity index (χ3v) is 4.92. The third kappa shape index (κ3) is 5.05. The van der Waals surface area contributed by atoms with Gasteiger partial charge in [-0.15, -0.1) is 0 Å². The van der Waals surface area contributed by atoms with E-state index < -0.39 is 29.3 Å². The minimum Gasteiger partial charge on any atom is -0.455 e. The van der Waals surface area contributed by atoms with Crippen LogP contribution in [0.3, 0.4) is 0 Å². The summed E-state index contributed by atoms with van der Waals surface area (Å²) < 4.78 is 5.01. The number of ether oxygens (including phenoxy) is 1. The molecule has 1 aliphatic heterocycles. The number of esters is 1. The Hall–Kier alpha value is -3.17. The maximum atomic E-state index is 12.3. The van der Waals surface area contributed by atoms with E-state index in [1.807, 2.05) is 0 Å². The monoisotopic (exact) mass is 451 g/mol. The van der Waals surface area contributed by atoms with Gasteiger partial charge >= 0.3 is 5.97 Å². The zero-order valence-corrected chi connectivity index (χ0v) is 16.9. The van der Waals surface area contributed by atoms with Crippen LogP contribution in [0.25, 0.3) is 0 Å². The number of non-ortho nitro benzene ring substituents is 1. The fourth-order valence-electron chi connectivity index (χ4n) is 2.92. The summed E-state index contributed by atoms with van der Waals surface area (Å²) in [6.45, 7) is -0.566. The maximum absolute atomic E-state index is 12.3. The minimum atomic E-state index is -0.792. The number of nitrogens with one attached hydrogen (secondary N) is 1. The Morgan fingerprint density at radius 3 is 2.73 bits per heavy atom. The number of anilines is 2. The van der Waals surface area contributed by atoms with Crippen molar-refractivity contribution in [3.05, 3.63) is 62.6 Å². The average Bonchev–Trinajstić information content (AvgIpc) is 3.11. The first-order valence-electron chi connectivity index (χ1n) is 8.71. The summed E-state index contributed by atoms with van der Waals surface area (Å²) in [5.74, 6) is -2.50. The molecular weight excluding hydrogens is 437 g/mol. The second kappa shape index (κ2) is 9.10. The lowest BCUT2D eigenvalue weighted by atomic mass is 10.1. The number of hydrogen-bond donors (Lipinski definition) is 1. The molecule has 3 rings (SSSR count). The highest BCUT2D eigenvalue weighted by molar-refractivity contribution is 6.35. The molecule has 0 saturated carbocycles. The fourth-order valence-corrected chi connectivity index (χ4v) is 3.26. The topological polar surface area (TPSA) is 119 Å². The van der Waals surface area contributed by atoms with E-state index in [0.717, 1.165) is 0 Å². The van der Waals surface area contributed by atoms with Crippen LogP contribution in [0.1, 0.15) is 6.42 Å². The lowest BCUT2D eigenvalue weighted by molar-refractivity contribution is -0.384. The maximum Gasteiger partial charge on any atom is 0.311 e. The van der Waals surface area contributed by atoms with Crippen molar-refractivity contribution in [2.24, 2.45) is 5.92 Å². The van der Waals surface area contributed by atoms with E-state index in [2.05, 4.69) is 5.32 Å². The number of carbonyl (C=O) groups is 3. The lowest BCUT2D eigenvalue weighted by Crippen LogP contribution is -2.28. The van der Waals surface area contributed by atoms with Crippen LogP contribution in [-0.4, -0.2) is 35.9 Å². The largest absolute Gasteiger partial charge is 0.455 e. The van der Waals surface area contributed by atoms with Gasteiger partial charge in [0.25, 0.3) is 11.6 Å². The van der Waals surface area contributed by atoms with E-state index in [1.165, 1.54) is 35.2 Å². The number of nitro benzene ring substituents is 1. The molecule has 1 fully saturated rings. The standard InChI is InChI=1S/C19H15Cl2N3O6/c20-12-4-5-15(21)16(7-12)22-17(25)10-30-19(27)11-6-18(26)23(9-11)13-2-1-3-14(8-13)24(28)29/h1-5,7-8,11H,6,9-10H2,(H,22,25)/t11-/m1/s1. The van der Waals surface area contributed by atoms with Crippen LogP contribution in [0.2, 0.25) is 10.0 Å². The minimum absolute atomic E-state index is 0.000570. The Labute approximate surface area is 180 Å². The first-order chi connectivity index (χ1) is 14.2. The van der Waals surface area contributed by atoms with Crippen molar-refractivity contribution in [1.29, 1.82) is 0 Å². The van der Waals surface area contributed by atoms with Crippen LogP contribution in [-0.2, 0) is 19.1 Å². The summed E-state index contributed by atoms with van der Waals surface area (Å²) in [6.07, 6.45) is -0.122. The second-order valence-electron chi connectivity index (χ2n) is 6.46. The summed E-state index contributed by atoms with van der Waals surface area (Å²) in [7, 11) is 0. The molecule has 1 atom stereocenters. The smallest absolute Gasteiger partial charge is 0.311 e. The number of amides is 2. The predicted octanol–water partition coefficient (Wildman–Crippen LogP) is 3.44. The SMILES string of the molecule is O=C(COC(=O)[C@@H]1CC(=O)N(c2cccc([N+](=O)[O-])c2)C1)Nc1cc(Cl)ccc1Cl. The number of carbonyl (C=O) groups excluding carboxylic acids is 3. The fraction of sp³-hybridized carbons (Fsp3) is 0.211. The van der Waals surface area contributed by atoms with Crippen molar-refractivity contribution in [1.82, 2.24) is 0 Å². The molecule has 156 valence electrons. The molecule has 1 aliphatic rings. The van der Waals surface area contributed by atoms with E-state index in [1.54, 1.807) is 12.1 Å². The van der Waals surface area contributed by atoms with E-state index in [9.17, 15) is 24.5 Å². The van der Waals surface area contributed by atoms with Gasteiger partial charge in [-0.25, -0.2) is 0 Å². The van der Waals surface area contributed by atoms with E-state index >= 15 is 0 Å². The summed E-state index contributed by atoms with van der Waals surface area (Å²) in [6, 6.07) is 10.1. The van der Waals surface area contributed by atoms with Gasteiger partial charge in [-0.05, 0) is 24.3 Å². The molecule has 0 radical (unpaired) electrons. The third-order valence-electron chi connectivity index (χ3n) is 4.36. The molecule has 2 aromatic carbocycles. The van der Waals surface area contributed by atoms with Gasteiger partial charge in [0.15, 0.2) is 6.61 Å². The van der Waals surface area contributed by atoms with Crippen molar-refractivity contribution in [3.8, 4) is 0 Å². The number of nitro groups is 1. The van der Waals surface area contributed by atoms with Gasteiger partial charge in [0.2, 0.25) is 5.91 Å². The lowest BCUT2D eigenvalue weighted by Gasteiger charge is -2.16. The van der Waals surface area contributed by atoms with Gasteiger partial charge < -0.3 is 15.0 Å². The van der Waals surface area contributed by atoms with E-state index in [0.29, 0.717) is 10.7 Å².